The molecule has 4 heteroatoms. The summed E-state index contributed by atoms with van der Waals surface area (Å²) in [4.78, 5) is 0.355. The van der Waals surface area contributed by atoms with Crippen LogP contribution in [0.4, 0.5) is 0 Å². The van der Waals surface area contributed by atoms with Gasteiger partial charge in [-0.25, -0.2) is 13.1 Å². The Morgan fingerprint density at radius 3 is 2.33 bits per heavy atom. The number of hydrogen-bond acceptors (Lipinski definition) is 2. The second-order valence-corrected chi connectivity index (χ2v) is 5.61. The fraction of sp³-hybridized carbons (Fsp3) is 0.455. The average Bonchev–Trinajstić information content (AvgIpc) is 3.01. The van der Waals surface area contributed by atoms with Crippen molar-refractivity contribution in [2.24, 2.45) is 0 Å². The summed E-state index contributed by atoms with van der Waals surface area (Å²) in [6, 6.07) is 7.21. The highest BCUT2D eigenvalue weighted by Gasteiger charge is 2.23. The summed E-state index contributed by atoms with van der Waals surface area (Å²) in [6.07, 6.45) is 2.47. The summed E-state index contributed by atoms with van der Waals surface area (Å²) in [5, 5.41) is 0. The van der Waals surface area contributed by atoms with Gasteiger partial charge in [0.2, 0.25) is 10.0 Å². The molecule has 0 radical (unpaired) electrons. The monoisotopic (exact) mass is 225 g/mol. The molecule has 0 bridgehead atoms. The van der Waals surface area contributed by atoms with Gasteiger partial charge in [0.15, 0.2) is 0 Å². The van der Waals surface area contributed by atoms with Gasteiger partial charge in [-0.05, 0) is 36.5 Å². The van der Waals surface area contributed by atoms with E-state index in [1.807, 2.05) is 12.1 Å². The average molecular weight is 225 g/mol. The lowest BCUT2D eigenvalue weighted by Gasteiger charge is -2.05. The van der Waals surface area contributed by atoms with Gasteiger partial charge in [0.25, 0.3) is 0 Å². The molecule has 82 valence electrons. The molecule has 0 unspecified atom stereocenters. The van der Waals surface area contributed by atoms with Gasteiger partial charge in [-0.3, -0.25) is 0 Å². The summed E-state index contributed by atoms with van der Waals surface area (Å²) in [5.74, 6) is 0.667. The largest absolute Gasteiger partial charge is 0.240 e. The van der Waals surface area contributed by atoms with E-state index in [0.29, 0.717) is 17.4 Å². The molecule has 0 atom stereocenters. The van der Waals surface area contributed by atoms with Gasteiger partial charge in [0, 0.05) is 6.54 Å². The molecular weight excluding hydrogens is 210 g/mol. The molecule has 0 aromatic heterocycles. The van der Waals surface area contributed by atoms with Crippen LogP contribution in [0.5, 0.6) is 0 Å². The van der Waals surface area contributed by atoms with E-state index in [1.54, 1.807) is 19.1 Å². The van der Waals surface area contributed by atoms with E-state index >= 15 is 0 Å². The zero-order valence-corrected chi connectivity index (χ0v) is 9.55. The second-order valence-electron chi connectivity index (χ2n) is 3.84. The standard InChI is InChI=1S/C11H15NO2S/c1-2-12-15(13,14)11-7-5-10(6-8-11)9-3-4-9/h5-9,12H,2-4H2,1H3. The maximum atomic E-state index is 11.6. The molecule has 1 aromatic rings. The molecule has 0 amide bonds. The van der Waals surface area contributed by atoms with Crippen molar-refractivity contribution >= 4 is 10.0 Å². The zero-order valence-electron chi connectivity index (χ0n) is 8.73. The first-order valence-electron chi connectivity index (χ1n) is 5.23. The molecule has 15 heavy (non-hydrogen) atoms. The van der Waals surface area contributed by atoms with Gasteiger partial charge < -0.3 is 0 Å². The van der Waals surface area contributed by atoms with Gasteiger partial charge in [-0.1, -0.05) is 19.1 Å². The van der Waals surface area contributed by atoms with E-state index in [0.717, 1.165) is 0 Å². The maximum absolute atomic E-state index is 11.6. The first-order chi connectivity index (χ1) is 7.13. The fourth-order valence-electron chi connectivity index (χ4n) is 1.61. The quantitative estimate of drug-likeness (QED) is 0.850. The third-order valence-corrected chi connectivity index (χ3v) is 4.13. The number of hydrogen-bond donors (Lipinski definition) is 1. The van der Waals surface area contributed by atoms with Gasteiger partial charge in [-0.2, -0.15) is 0 Å². The van der Waals surface area contributed by atoms with E-state index in [9.17, 15) is 8.42 Å². The molecule has 2 rings (SSSR count). The topological polar surface area (TPSA) is 46.2 Å². The molecule has 0 aliphatic heterocycles. The third kappa shape index (κ3) is 2.38. The van der Waals surface area contributed by atoms with Crippen LogP contribution in [0.3, 0.4) is 0 Å². The lowest BCUT2D eigenvalue weighted by Crippen LogP contribution is -2.22. The minimum absolute atomic E-state index is 0.355. The summed E-state index contributed by atoms with van der Waals surface area (Å²) in [5.41, 5.74) is 1.26. The van der Waals surface area contributed by atoms with Crippen molar-refractivity contribution in [1.82, 2.24) is 4.72 Å². The Labute approximate surface area is 90.6 Å². The highest BCUT2D eigenvalue weighted by Crippen LogP contribution is 2.40. The molecule has 1 fully saturated rings. The van der Waals surface area contributed by atoms with E-state index < -0.39 is 10.0 Å². The zero-order chi connectivity index (χ0) is 10.9. The van der Waals surface area contributed by atoms with Crippen molar-refractivity contribution in [3.8, 4) is 0 Å². The van der Waals surface area contributed by atoms with Crippen molar-refractivity contribution < 1.29 is 8.42 Å². The summed E-state index contributed by atoms with van der Waals surface area (Å²) in [7, 11) is -3.28. The molecule has 1 aliphatic carbocycles. The van der Waals surface area contributed by atoms with Gasteiger partial charge in [0.05, 0.1) is 4.90 Å². The minimum atomic E-state index is -3.28. The molecule has 1 N–H and O–H groups in total. The fourth-order valence-corrected chi connectivity index (χ4v) is 2.65. The Morgan fingerprint density at radius 2 is 1.87 bits per heavy atom. The normalized spacial score (nSPS) is 16.6. The molecule has 0 saturated heterocycles. The predicted octanol–water partition coefficient (Wildman–Crippen LogP) is 1.86. The van der Waals surface area contributed by atoms with Crippen molar-refractivity contribution in [2.75, 3.05) is 6.54 Å². The van der Waals surface area contributed by atoms with E-state index in [-0.39, 0.29) is 0 Å². The highest BCUT2D eigenvalue weighted by molar-refractivity contribution is 7.89. The smallest absolute Gasteiger partial charge is 0.211 e. The first-order valence-corrected chi connectivity index (χ1v) is 6.71. The van der Waals surface area contributed by atoms with Crippen LogP contribution < -0.4 is 4.72 Å². The molecule has 0 spiro atoms. The lowest BCUT2D eigenvalue weighted by molar-refractivity contribution is 0.584. The summed E-state index contributed by atoms with van der Waals surface area (Å²) < 4.78 is 25.7. The molecule has 1 aliphatic rings. The van der Waals surface area contributed by atoms with Crippen LogP contribution in [0.25, 0.3) is 0 Å². The van der Waals surface area contributed by atoms with Crippen LogP contribution >= 0.6 is 0 Å². The number of nitrogens with one attached hydrogen (secondary N) is 1. The predicted molar refractivity (Wildman–Crippen MR) is 59.3 cm³/mol. The molecule has 1 saturated carbocycles. The molecule has 0 heterocycles. The first kappa shape index (κ1) is 10.6. The van der Waals surface area contributed by atoms with Crippen molar-refractivity contribution in [3.63, 3.8) is 0 Å². The Kier molecular flexibility index (Phi) is 2.80. The van der Waals surface area contributed by atoms with Gasteiger partial charge >= 0.3 is 0 Å². The maximum Gasteiger partial charge on any atom is 0.240 e. The summed E-state index contributed by atoms with van der Waals surface area (Å²) in [6.45, 7) is 2.20. The van der Waals surface area contributed by atoms with E-state index in [2.05, 4.69) is 4.72 Å². The minimum Gasteiger partial charge on any atom is -0.211 e. The molecular formula is C11H15NO2S. The van der Waals surface area contributed by atoms with Crippen LogP contribution in [0, 0.1) is 0 Å². The Morgan fingerprint density at radius 1 is 1.27 bits per heavy atom. The highest BCUT2D eigenvalue weighted by atomic mass is 32.2. The van der Waals surface area contributed by atoms with E-state index in [1.165, 1.54) is 18.4 Å². The molecule has 1 aromatic carbocycles. The van der Waals surface area contributed by atoms with Crippen molar-refractivity contribution in [3.05, 3.63) is 29.8 Å². The Hall–Kier alpha value is -0.870. The lowest BCUT2D eigenvalue weighted by atomic mass is 10.1. The van der Waals surface area contributed by atoms with Crippen LogP contribution in [0.15, 0.2) is 29.2 Å². The van der Waals surface area contributed by atoms with E-state index in [4.69, 9.17) is 0 Å². The third-order valence-electron chi connectivity index (χ3n) is 2.57. The van der Waals surface area contributed by atoms with Crippen LogP contribution in [-0.2, 0) is 10.0 Å². The van der Waals surface area contributed by atoms with Crippen LogP contribution in [0.1, 0.15) is 31.2 Å². The van der Waals surface area contributed by atoms with Gasteiger partial charge in [-0.15, -0.1) is 0 Å². The Bertz CT molecular complexity index is 432. The second kappa shape index (κ2) is 3.94. The van der Waals surface area contributed by atoms with Crippen LogP contribution in [-0.4, -0.2) is 15.0 Å². The van der Waals surface area contributed by atoms with Gasteiger partial charge in [0.1, 0.15) is 0 Å². The SMILES string of the molecule is CCNS(=O)(=O)c1ccc(C2CC2)cc1. The number of benzene rings is 1. The number of sulfonamides is 1. The van der Waals surface area contributed by atoms with Crippen molar-refractivity contribution in [1.29, 1.82) is 0 Å². The Balaban J connectivity index is 2.22. The number of rotatable bonds is 4. The van der Waals surface area contributed by atoms with Crippen LogP contribution in [0.2, 0.25) is 0 Å². The van der Waals surface area contributed by atoms with Crippen molar-refractivity contribution in [2.45, 2.75) is 30.6 Å². The molecule has 3 nitrogen and oxygen atoms in total. The summed E-state index contributed by atoms with van der Waals surface area (Å²) >= 11 is 0.